The molecule has 2 aromatic rings. The number of aromatic nitrogens is 1. The number of carboxylic acid groups (broad SMARTS) is 1. The minimum absolute atomic E-state index is 0.00839. The summed E-state index contributed by atoms with van der Waals surface area (Å²) in [7, 11) is 0. The summed E-state index contributed by atoms with van der Waals surface area (Å²) >= 11 is 0. The first-order valence-electron chi connectivity index (χ1n) is 8.02. The molecule has 0 radical (unpaired) electrons. The van der Waals surface area contributed by atoms with Crippen molar-refractivity contribution in [3.05, 3.63) is 36.0 Å². The number of hydrogen-bond donors (Lipinski definition) is 2. The van der Waals surface area contributed by atoms with Crippen molar-refractivity contribution < 1.29 is 14.7 Å². The first kappa shape index (κ1) is 17.1. The second kappa shape index (κ2) is 7.81. The fourth-order valence-electron chi connectivity index (χ4n) is 2.73. The van der Waals surface area contributed by atoms with E-state index >= 15 is 0 Å². The zero-order valence-corrected chi connectivity index (χ0v) is 13.7. The van der Waals surface area contributed by atoms with Gasteiger partial charge in [0.05, 0.1) is 6.42 Å². The quantitative estimate of drug-likeness (QED) is 0.786. The smallest absolute Gasteiger partial charge is 0.305 e. The molecule has 5 nitrogen and oxygen atoms in total. The van der Waals surface area contributed by atoms with E-state index in [1.807, 2.05) is 44.3 Å². The molecule has 5 heteroatoms. The van der Waals surface area contributed by atoms with E-state index < -0.39 is 5.97 Å². The summed E-state index contributed by atoms with van der Waals surface area (Å²) < 4.78 is 0. The van der Waals surface area contributed by atoms with Crippen molar-refractivity contribution in [3.8, 4) is 0 Å². The molecule has 23 heavy (non-hydrogen) atoms. The van der Waals surface area contributed by atoms with Gasteiger partial charge in [0.2, 0.25) is 5.91 Å². The number of para-hydroxylation sites is 1. The van der Waals surface area contributed by atoms with Gasteiger partial charge in [0.25, 0.3) is 0 Å². The van der Waals surface area contributed by atoms with Crippen LogP contribution in [0.4, 0.5) is 0 Å². The summed E-state index contributed by atoms with van der Waals surface area (Å²) in [5, 5.41) is 9.97. The van der Waals surface area contributed by atoms with Crippen LogP contribution in [-0.4, -0.2) is 40.0 Å². The summed E-state index contributed by atoms with van der Waals surface area (Å²) in [5.74, 6) is -0.533. The fraction of sp³-hybridized carbons (Fsp3) is 0.444. The first-order valence-corrected chi connectivity index (χ1v) is 8.02. The van der Waals surface area contributed by atoms with Gasteiger partial charge in [-0.2, -0.15) is 0 Å². The van der Waals surface area contributed by atoms with Gasteiger partial charge in [-0.05, 0) is 24.0 Å². The van der Waals surface area contributed by atoms with Crippen LogP contribution in [0.5, 0.6) is 0 Å². The number of carbonyl (C=O) groups is 2. The third-order valence-corrected chi connectivity index (χ3v) is 3.82. The van der Waals surface area contributed by atoms with Gasteiger partial charge in [-0.15, -0.1) is 0 Å². The highest BCUT2D eigenvalue weighted by Crippen LogP contribution is 2.19. The minimum atomic E-state index is -0.872. The lowest BCUT2D eigenvalue weighted by Crippen LogP contribution is -2.36. The zero-order valence-electron chi connectivity index (χ0n) is 13.7. The topological polar surface area (TPSA) is 73.4 Å². The SMILES string of the molecule is CC(C)CN(CCC(=O)O)C(=O)CCc1c[nH]c2ccccc12. The van der Waals surface area contributed by atoms with E-state index in [1.54, 1.807) is 4.90 Å². The molecule has 0 unspecified atom stereocenters. The molecule has 1 aromatic carbocycles. The van der Waals surface area contributed by atoms with Crippen molar-refractivity contribution in [3.63, 3.8) is 0 Å². The molecule has 0 aliphatic rings. The van der Waals surface area contributed by atoms with Crippen molar-refractivity contribution >= 4 is 22.8 Å². The molecule has 0 aliphatic carbocycles. The fourth-order valence-corrected chi connectivity index (χ4v) is 2.73. The van der Waals surface area contributed by atoms with Crippen LogP contribution in [0.1, 0.15) is 32.3 Å². The lowest BCUT2D eigenvalue weighted by atomic mass is 10.1. The van der Waals surface area contributed by atoms with Gasteiger partial charge >= 0.3 is 5.97 Å². The van der Waals surface area contributed by atoms with E-state index in [0.29, 0.717) is 25.3 Å². The number of amides is 1. The Morgan fingerprint density at radius 2 is 1.96 bits per heavy atom. The van der Waals surface area contributed by atoms with Crippen molar-refractivity contribution in [2.45, 2.75) is 33.1 Å². The van der Waals surface area contributed by atoms with E-state index in [0.717, 1.165) is 16.5 Å². The highest BCUT2D eigenvalue weighted by molar-refractivity contribution is 5.84. The number of benzene rings is 1. The number of carboxylic acids is 1. The molecule has 0 saturated heterocycles. The molecular weight excluding hydrogens is 292 g/mol. The largest absolute Gasteiger partial charge is 0.481 e. The van der Waals surface area contributed by atoms with Crippen molar-refractivity contribution in [2.75, 3.05) is 13.1 Å². The molecule has 1 amide bonds. The van der Waals surface area contributed by atoms with Crippen molar-refractivity contribution in [2.24, 2.45) is 5.92 Å². The third-order valence-electron chi connectivity index (χ3n) is 3.82. The second-order valence-electron chi connectivity index (χ2n) is 6.24. The molecule has 0 bridgehead atoms. The molecule has 1 aromatic heterocycles. The van der Waals surface area contributed by atoms with Crippen LogP contribution >= 0.6 is 0 Å². The summed E-state index contributed by atoms with van der Waals surface area (Å²) in [6.45, 7) is 4.93. The monoisotopic (exact) mass is 316 g/mol. The predicted octanol–water partition coefficient (Wildman–Crippen LogP) is 3.06. The molecule has 2 rings (SSSR count). The van der Waals surface area contributed by atoms with E-state index in [9.17, 15) is 9.59 Å². The summed E-state index contributed by atoms with van der Waals surface area (Å²) in [6.07, 6.45) is 2.99. The van der Waals surface area contributed by atoms with Crippen LogP contribution in [0.15, 0.2) is 30.5 Å². The lowest BCUT2D eigenvalue weighted by molar-refractivity contribution is -0.138. The zero-order chi connectivity index (χ0) is 16.8. The third kappa shape index (κ3) is 4.84. The number of H-pyrrole nitrogens is 1. The van der Waals surface area contributed by atoms with Gasteiger partial charge < -0.3 is 15.0 Å². The molecule has 2 N–H and O–H groups in total. The first-order chi connectivity index (χ1) is 11.0. The maximum Gasteiger partial charge on any atom is 0.305 e. The maximum absolute atomic E-state index is 12.4. The van der Waals surface area contributed by atoms with Crippen LogP contribution < -0.4 is 0 Å². The van der Waals surface area contributed by atoms with E-state index in [1.165, 1.54) is 0 Å². The summed E-state index contributed by atoms with van der Waals surface area (Å²) in [4.78, 5) is 28.1. The molecule has 0 saturated carbocycles. The average Bonchev–Trinajstić information content (AvgIpc) is 2.92. The Hall–Kier alpha value is -2.30. The molecule has 0 fully saturated rings. The number of nitrogens with one attached hydrogen (secondary N) is 1. The lowest BCUT2D eigenvalue weighted by Gasteiger charge is -2.24. The molecule has 1 heterocycles. The Bertz CT molecular complexity index is 676. The average molecular weight is 316 g/mol. The van der Waals surface area contributed by atoms with Crippen molar-refractivity contribution in [1.82, 2.24) is 9.88 Å². The van der Waals surface area contributed by atoms with Gasteiger partial charge in [-0.25, -0.2) is 0 Å². The number of fused-ring (bicyclic) bond motifs is 1. The van der Waals surface area contributed by atoms with Crippen LogP contribution in [0, 0.1) is 5.92 Å². The molecule has 0 atom stereocenters. The van der Waals surface area contributed by atoms with Gasteiger partial charge in [-0.1, -0.05) is 32.0 Å². The predicted molar refractivity (Wildman–Crippen MR) is 90.3 cm³/mol. The second-order valence-corrected chi connectivity index (χ2v) is 6.24. The number of aryl methyl sites for hydroxylation is 1. The van der Waals surface area contributed by atoms with Crippen LogP contribution in [0.25, 0.3) is 10.9 Å². The van der Waals surface area contributed by atoms with Gasteiger partial charge in [0.1, 0.15) is 0 Å². The van der Waals surface area contributed by atoms with Gasteiger partial charge in [-0.3, -0.25) is 9.59 Å². The number of nitrogens with zero attached hydrogens (tertiary/aromatic N) is 1. The maximum atomic E-state index is 12.4. The standard InChI is InChI=1S/C18H24N2O3/c1-13(2)12-20(10-9-18(22)23)17(21)8-7-14-11-19-16-6-4-3-5-15(14)16/h3-6,11,13,19H,7-10,12H2,1-2H3,(H,22,23). The summed E-state index contributed by atoms with van der Waals surface area (Å²) in [5.41, 5.74) is 2.19. The highest BCUT2D eigenvalue weighted by Gasteiger charge is 2.16. The molecule has 124 valence electrons. The Labute approximate surface area is 136 Å². The number of carbonyl (C=O) groups excluding carboxylic acids is 1. The Balaban J connectivity index is 1.98. The molecule has 0 aliphatic heterocycles. The Morgan fingerprint density at radius 1 is 1.22 bits per heavy atom. The molecule has 0 spiro atoms. The van der Waals surface area contributed by atoms with Crippen molar-refractivity contribution in [1.29, 1.82) is 0 Å². The van der Waals surface area contributed by atoms with E-state index in [4.69, 9.17) is 5.11 Å². The number of aliphatic carboxylic acids is 1. The van der Waals surface area contributed by atoms with E-state index in [2.05, 4.69) is 4.98 Å². The molecular formula is C18H24N2O3. The van der Waals surface area contributed by atoms with Gasteiger partial charge in [0, 0.05) is 36.6 Å². The number of aromatic amines is 1. The van der Waals surface area contributed by atoms with Crippen LogP contribution in [0.3, 0.4) is 0 Å². The number of hydrogen-bond acceptors (Lipinski definition) is 2. The van der Waals surface area contributed by atoms with Gasteiger partial charge in [0.15, 0.2) is 0 Å². The summed E-state index contributed by atoms with van der Waals surface area (Å²) in [6, 6.07) is 8.02. The number of rotatable bonds is 8. The van der Waals surface area contributed by atoms with E-state index in [-0.39, 0.29) is 18.9 Å². The van der Waals surface area contributed by atoms with Crippen LogP contribution in [-0.2, 0) is 16.0 Å². The Kier molecular flexibility index (Phi) is 5.79. The normalized spacial score (nSPS) is 11.1. The minimum Gasteiger partial charge on any atom is -0.481 e. The Morgan fingerprint density at radius 3 is 2.65 bits per heavy atom. The highest BCUT2D eigenvalue weighted by atomic mass is 16.4. The van der Waals surface area contributed by atoms with Crippen LogP contribution in [0.2, 0.25) is 0 Å².